The van der Waals surface area contributed by atoms with Gasteiger partial charge < -0.3 is 14.5 Å². The van der Waals surface area contributed by atoms with Crippen molar-refractivity contribution in [1.29, 1.82) is 0 Å². The van der Waals surface area contributed by atoms with Gasteiger partial charge in [0, 0.05) is 25.2 Å². The summed E-state index contributed by atoms with van der Waals surface area (Å²) < 4.78 is 7.85. The summed E-state index contributed by atoms with van der Waals surface area (Å²) in [7, 11) is 4.05. The van der Waals surface area contributed by atoms with Crippen LogP contribution in [0.3, 0.4) is 0 Å². The van der Waals surface area contributed by atoms with E-state index in [9.17, 15) is 4.79 Å². The number of hydrogen-bond acceptors (Lipinski definition) is 5. The van der Waals surface area contributed by atoms with Crippen LogP contribution in [0.1, 0.15) is 34.1 Å². The molecule has 2 aromatic rings. The normalized spacial score (nSPS) is 22.6. The Bertz CT molecular complexity index is 772. The molecule has 0 aliphatic carbocycles. The number of likely N-dealkylation sites (tertiary alicyclic amines) is 1. The molecule has 4 rings (SSSR count). The number of carbonyl (C=O) groups excluding carboxylic acids is 1. The third-order valence-electron chi connectivity index (χ3n) is 4.89. The first-order valence-corrected chi connectivity index (χ1v) is 8.65. The first-order chi connectivity index (χ1) is 12.1. The van der Waals surface area contributed by atoms with E-state index >= 15 is 0 Å². The van der Waals surface area contributed by atoms with Gasteiger partial charge in [0.15, 0.2) is 0 Å². The van der Waals surface area contributed by atoms with Crippen LogP contribution in [0.4, 0.5) is 0 Å². The fraction of sp³-hybridized carbons (Fsp3) is 0.500. The Morgan fingerprint density at radius 1 is 1.40 bits per heavy atom. The highest BCUT2D eigenvalue weighted by atomic mass is 16.5. The topological polar surface area (TPSA) is 63.5 Å². The smallest absolute Gasteiger partial charge is 0.253 e. The van der Waals surface area contributed by atoms with Crippen molar-refractivity contribution >= 4 is 5.91 Å². The number of nitrogens with zero attached hydrogens (tertiary/aromatic N) is 5. The monoisotopic (exact) mass is 341 g/mol. The molecule has 0 unspecified atom stereocenters. The summed E-state index contributed by atoms with van der Waals surface area (Å²) in [5.41, 5.74) is 2.86. The second kappa shape index (κ2) is 6.57. The molecule has 0 bridgehead atoms. The molecule has 0 spiro atoms. The van der Waals surface area contributed by atoms with Crippen molar-refractivity contribution in [2.75, 3.05) is 27.2 Å². The van der Waals surface area contributed by atoms with E-state index in [0.717, 1.165) is 29.8 Å². The van der Waals surface area contributed by atoms with E-state index in [-0.39, 0.29) is 18.1 Å². The Hall–Kier alpha value is -2.25. The minimum absolute atomic E-state index is 0.0499. The van der Waals surface area contributed by atoms with E-state index in [1.807, 2.05) is 41.9 Å². The summed E-state index contributed by atoms with van der Waals surface area (Å²) in [6, 6.07) is 7.95. The van der Waals surface area contributed by atoms with E-state index in [4.69, 9.17) is 4.74 Å². The first kappa shape index (κ1) is 16.2. The minimum Gasteiger partial charge on any atom is -0.370 e. The molecule has 2 atom stereocenters. The molecule has 0 N–H and O–H groups in total. The summed E-state index contributed by atoms with van der Waals surface area (Å²) in [5, 5.41) is 8.18. The summed E-state index contributed by atoms with van der Waals surface area (Å²) in [6.45, 7) is 2.69. The molecule has 25 heavy (non-hydrogen) atoms. The highest BCUT2D eigenvalue weighted by molar-refractivity contribution is 5.94. The van der Waals surface area contributed by atoms with E-state index < -0.39 is 0 Å². The van der Waals surface area contributed by atoms with Crippen LogP contribution in [-0.2, 0) is 17.9 Å². The van der Waals surface area contributed by atoms with E-state index in [0.29, 0.717) is 19.7 Å². The van der Waals surface area contributed by atoms with Crippen molar-refractivity contribution in [1.82, 2.24) is 24.8 Å². The molecule has 1 aromatic heterocycles. The number of benzene rings is 1. The van der Waals surface area contributed by atoms with E-state index in [1.54, 1.807) is 6.20 Å². The molecule has 3 heterocycles. The largest absolute Gasteiger partial charge is 0.370 e. The highest BCUT2D eigenvalue weighted by Gasteiger charge is 2.38. The van der Waals surface area contributed by atoms with Crippen LogP contribution in [0.25, 0.3) is 0 Å². The Balaban J connectivity index is 1.52. The van der Waals surface area contributed by atoms with Gasteiger partial charge in [0.1, 0.15) is 0 Å². The molecular weight excluding hydrogens is 318 g/mol. The predicted molar refractivity (Wildman–Crippen MR) is 92.0 cm³/mol. The van der Waals surface area contributed by atoms with Gasteiger partial charge in [0.05, 0.1) is 30.6 Å². The maximum absolute atomic E-state index is 13.0. The number of hydrogen-bond donors (Lipinski definition) is 0. The lowest BCUT2D eigenvalue weighted by Crippen LogP contribution is -2.49. The number of piperidine rings is 1. The van der Waals surface area contributed by atoms with E-state index in [2.05, 4.69) is 21.3 Å². The molecule has 2 aliphatic heterocycles. The lowest BCUT2D eigenvalue weighted by atomic mass is 9.99. The SMILES string of the molecule is CN(C)Cc1cccc(C(=O)N2CC[C@@H]3OCc4cnnn4[C@@H]3C2)c1. The molecule has 1 amide bonds. The van der Waals surface area contributed by atoms with Gasteiger partial charge in [0.2, 0.25) is 0 Å². The summed E-state index contributed by atoms with van der Waals surface area (Å²) >= 11 is 0. The molecule has 132 valence electrons. The molecule has 7 nitrogen and oxygen atoms in total. The summed E-state index contributed by atoms with van der Waals surface area (Å²) in [5.74, 6) is 0.0753. The van der Waals surface area contributed by atoms with Crippen molar-refractivity contribution in [2.24, 2.45) is 0 Å². The van der Waals surface area contributed by atoms with Crippen LogP contribution in [-0.4, -0.2) is 64.0 Å². The van der Waals surface area contributed by atoms with Crippen LogP contribution in [0, 0.1) is 0 Å². The van der Waals surface area contributed by atoms with Crippen molar-refractivity contribution in [2.45, 2.75) is 31.7 Å². The Labute approximate surface area is 147 Å². The van der Waals surface area contributed by atoms with Crippen molar-refractivity contribution < 1.29 is 9.53 Å². The second-order valence-corrected chi connectivity index (χ2v) is 7.06. The lowest BCUT2D eigenvalue weighted by Gasteiger charge is -2.41. The first-order valence-electron chi connectivity index (χ1n) is 8.65. The van der Waals surface area contributed by atoms with Crippen LogP contribution >= 0.6 is 0 Å². The zero-order chi connectivity index (χ0) is 17.4. The molecule has 1 saturated heterocycles. The van der Waals surface area contributed by atoms with Crippen LogP contribution < -0.4 is 0 Å². The van der Waals surface area contributed by atoms with Crippen LogP contribution in [0.2, 0.25) is 0 Å². The predicted octanol–water partition coefficient (Wildman–Crippen LogP) is 1.33. The van der Waals surface area contributed by atoms with Crippen LogP contribution in [0.5, 0.6) is 0 Å². The number of ether oxygens (including phenoxy) is 1. The zero-order valence-electron chi connectivity index (χ0n) is 14.6. The average Bonchev–Trinajstić information content (AvgIpc) is 3.09. The van der Waals surface area contributed by atoms with Gasteiger partial charge in [-0.2, -0.15) is 0 Å². The standard InChI is InChI=1S/C18H23N5O2/c1-21(2)10-13-4-3-5-14(8-13)18(24)22-7-6-17-16(11-22)23-15(12-25-17)9-19-20-23/h3-5,8-9,16-17H,6-7,10-12H2,1-2H3/t16-,17+/m1/s1. The van der Waals surface area contributed by atoms with Gasteiger partial charge in [-0.3, -0.25) is 4.79 Å². The third-order valence-corrected chi connectivity index (χ3v) is 4.89. The Morgan fingerprint density at radius 2 is 2.28 bits per heavy atom. The molecular formula is C18H23N5O2. The molecule has 1 fully saturated rings. The number of amides is 1. The lowest BCUT2D eigenvalue weighted by molar-refractivity contribution is -0.0605. The van der Waals surface area contributed by atoms with Gasteiger partial charge in [-0.15, -0.1) is 5.10 Å². The molecule has 7 heteroatoms. The average molecular weight is 341 g/mol. The van der Waals surface area contributed by atoms with Gasteiger partial charge in [0.25, 0.3) is 5.91 Å². The minimum atomic E-state index is 0.0499. The summed E-state index contributed by atoms with van der Waals surface area (Å²) in [4.78, 5) is 17.0. The van der Waals surface area contributed by atoms with Gasteiger partial charge >= 0.3 is 0 Å². The Kier molecular flexibility index (Phi) is 4.27. The molecule has 1 aromatic carbocycles. The van der Waals surface area contributed by atoms with Gasteiger partial charge in [-0.25, -0.2) is 4.68 Å². The number of rotatable bonds is 3. The van der Waals surface area contributed by atoms with Gasteiger partial charge in [-0.1, -0.05) is 17.3 Å². The number of aromatic nitrogens is 3. The maximum Gasteiger partial charge on any atom is 0.253 e. The fourth-order valence-electron chi connectivity index (χ4n) is 3.71. The third kappa shape index (κ3) is 3.17. The number of fused-ring (bicyclic) bond motifs is 3. The quantitative estimate of drug-likeness (QED) is 0.843. The number of carbonyl (C=O) groups is 1. The van der Waals surface area contributed by atoms with Crippen molar-refractivity contribution in [3.63, 3.8) is 0 Å². The zero-order valence-corrected chi connectivity index (χ0v) is 14.6. The highest BCUT2D eigenvalue weighted by Crippen LogP contribution is 2.30. The van der Waals surface area contributed by atoms with Crippen molar-refractivity contribution in [3.8, 4) is 0 Å². The molecule has 0 radical (unpaired) electrons. The molecule has 2 aliphatic rings. The maximum atomic E-state index is 13.0. The Morgan fingerprint density at radius 3 is 3.12 bits per heavy atom. The van der Waals surface area contributed by atoms with E-state index in [1.165, 1.54) is 0 Å². The fourth-order valence-corrected chi connectivity index (χ4v) is 3.71. The van der Waals surface area contributed by atoms with Crippen molar-refractivity contribution in [3.05, 3.63) is 47.3 Å². The summed E-state index contributed by atoms with van der Waals surface area (Å²) in [6.07, 6.45) is 2.67. The molecule has 0 saturated carbocycles. The van der Waals surface area contributed by atoms with Crippen LogP contribution in [0.15, 0.2) is 30.5 Å². The second-order valence-electron chi connectivity index (χ2n) is 7.06. The van der Waals surface area contributed by atoms with Gasteiger partial charge in [-0.05, 0) is 38.2 Å².